The Morgan fingerprint density at radius 2 is 2.38 bits per heavy atom. The lowest BCUT2D eigenvalue weighted by Gasteiger charge is -2.12. The number of H-pyrrole nitrogens is 1. The molecule has 0 amide bonds. The van der Waals surface area contributed by atoms with E-state index in [2.05, 4.69) is 28.3 Å². The normalized spacial score (nSPS) is 26.7. The third kappa shape index (κ3) is 1.89. The fraction of sp³-hybridized carbons (Fsp3) is 0.692. The molecule has 88 valence electrons. The van der Waals surface area contributed by atoms with Crippen molar-refractivity contribution in [1.29, 1.82) is 0 Å². The first kappa shape index (κ1) is 10.4. The van der Waals surface area contributed by atoms with E-state index in [9.17, 15) is 0 Å². The Morgan fingerprint density at radius 3 is 3.19 bits per heavy atom. The molecular formula is C13H21N3. The largest absolute Gasteiger partial charge is 0.362 e. The Labute approximate surface area is 97.2 Å². The van der Waals surface area contributed by atoms with E-state index in [1.807, 2.05) is 0 Å². The van der Waals surface area contributed by atoms with Crippen LogP contribution >= 0.6 is 0 Å². The van der Waals surface area contributed by atoms with Crippen molar-refractivity contribution in [3.8, 4) is 0 Å². The molecule has 3 rings (SSSR count). The number of hydrogen-bond acceptors (Lipinski definition) is 2. The molecule has 3 heteroatoms. The summed E-state index contributed by atoms with van der Waals surface area (Å²) >= 11 is 0. The summed E-state index contributed by atoms with van der Waals surface area (Å²) in [5, 5.41) is 3.44. The van der Waals surface area contributed by atoms with Gasteiger partial charge in [0.25, 0.3) is 0 Å². The number of rotatable bonds is 1. The molecule has 0 radical (unpaired) electrons. The molecule has 0 aliphatic carbocycles. The standard InChI is InChI=1S/C13H21N3/c1-16-6-2-3-12-11(9-16)7-13(15-12)10-4-5-14-8-10/h7,10,14-15H,2-6,8-9H2,1H3. The van der Waals surface area contributed by atoms with E-state index in [1.165, 1.54) is 49.3 Å². The van der Waals surface area contributed by atoms with Crippen LogP contribution in [0.1, 0.15) is 35.7 Å². The number of nitrogens with one attached hydrogen (secondary N) is 2. The summed E-state index contributed by atoms with van der Waals surface area (Å²) in [7, 11) is 2.22. The van der Waals surface area contributed by atoms with E-state index < -0.39 is 0 Å². The molecule has 3 nitrogen and oxygen atoms in total. The van der Waals surface area contributed by atoms with Gasteiger partial charge in [0.1, 0.15) is 0 Å². The third-order valence-corrected chi connectivity index (χ3v) is 3.92. The van der Waals surface area contributed by atoms with Gasteiger partial charge >= 0.3 is 0 Å². The molecule has 0 bridgehead atoms. The van der Waals surface area contributed by atoms with Gasteiger partial charge in [-0.05, 0) is 51.0 Å². The van der Waals surface area contributed by atoms with Crippen LogP contribution in [0.3, 0.4) is 0 Å². The Kier molecular flexibility index (Phi) is 2.74. The van der Waals surface area contributed by atoms with Crippen LogP contribution in [0.2, 0.25) is 0 Å². The first-order valence-corrected chi connectivity index (χ1v) is 6.43. The molecule has 1 aromatic rings. The first-order valence-electron chi connectivity index (χ1n) is 6.43. The van der Waals surface area contributed by atoms with Gasteiger partial charge in [-0.25, -0.2) is 0 Å². The van der Waals surface area contributed by atoms with Crippen LogP contribution in [0.5, 0.6) is 0 Å². The third-order valence-electron chi connectivity index (χ3n) is 3.92. The molecule has 3 heterocycles. The predicted molar refractivity (Wildman–Crippen MR) is 65.7 cm³/mol. The maximum absolute atomic E-state index is 3.67. The van der Waals surface area contributed by atoms with E-state index in [0.29, 0.717) is 0 Å². The van der Waals surface area contributed by atoms with Gasteiger partial charge < -0.3 is 15.2 Å². The molecule has 1 saturated heterocycles. The average molecular weight is 219 g/mol. The minimum Gasteiger partial charge on any atom is -0.362 e. The molecule has 16 heavy (non-hydrogen) atoms. The second-order valence-corrected chi connectivity index (χ2v) is 5.26. The molecule has 0 spiro atoms. The van der Waals surface area contributed by atoms with Crippen molar-refractivity contribution in [2.75, 3.05) is 26.7 Å². The van der Waals surface area contributed by atoms with Crippen molar-refractivity contribution in [1.82, 2.24) is 15.2 Å². The zero-order valence-electron chi connectivity index (χ0n) is 10.1. The number of aryl methyl sites for hydroxylation is 1. The monoisotopic (exact) mass is 219 g/mol. The van der Waals surface area contributed by atoms with Crippen LogP contribution in [-0.2, 0) is 13.0 Å². The Hall–Kier alpha value is -0.800. The van der Waals surface area contributed by atoms with Crippen molar-refractivity contribution in [2.45, 2.75) is 31.7 Å². The Morgan fingerprint density at radius 1 is 1.44 bits per heavy atom. The number of aromatic amines is 1. The fourth-order valence-electron chi connectivity index (χ4n) is 2.97. The zero-order chi connectivity index (χ0) is 11.0. The topological polar surface area (TPSA) is 31.1 Å². The van der Waals surface area contributed by atoms with Crippen molar-refractivity contribution in [3.63, 3.8) is 0 Å². The van der Waals surface area contributed by atoms with Gasteiger partial charge in [0.2, 0.25) is 0 Å². The second-order valence-electron chi connectivity index (χ2n) is 5.26. The SMILES string of the molecule is CN1CCCc2[nH]c(C3CCNC3)cc2C1. The Balaban J connectivity index is 1.84. The molecule has 1 atom stereocenters. The Bertz CT molecular complexity index is 363. The lowest BCUT2D eigenvalue weighted by molar-refractivity contribution is 0.332. The van der Waals surface area contributed by atoms with E-state index in [1.54, 1.807) is 0 Å². The highest BCUT2D eigenvalue weighted by Crippen LogP contribution is 2.26. The van der Waals surface area contributed by atoms with Gasteiger partial charge in [-0.3, -0.25) is 0 Å². The molecule has 1 fully saturated rings. The summed E-state index contributed by atoms with van der Waals surface area (Å²) in [6.07, 6.45) is 3.79. The smallest absolute Gasteiger partial charge is 0.0248 e. The van der Waals surface area contributed by atoms with Crippen molar-refractivity contribution >= 4 is 0 Å². The zero-order valence-corrected chi connectivity index (χ0v) is 10.1. The van der Waals surface area contributed by atoms with E-state index in [0.717, 1.165) is 19.0 Å². The van der Waals surface area contributed by atoms with Crippen LogP contribution in [-0.4, -0.2) is 36.6 Å². The van der Waals surface area contributed by atoms with Crippen LogP contribution in [0.25, 0.3) is 0 Å². The van der Waals surface area contributed by atoms with Crippen LogP contribution in [0.15, 0.2) is 6.07 Å². The maximum Gasteiger partial charge on any atom is 0.0248 e. The number of fused-ring (bicyclic) bond motifs is 1. The van der Waals surface area contributed by atoms with Crippen LogP contribution in [0.4, 0.5) is 0 Å². The van der Waals surface area contributed by atoms with Gasteiger partial charge in [0.15, 0.2) is 0 Å². The average Bonchev–Trinajstić information content (AvgIpc) is 2.86. The highest BCUT2D eigenvalue weighted by molar-refractivity contribution is 5.29. The van der Waals surface area contributed by atoms with Crippen LogP contribution < -0.4 is 5.32 Å². The van der Waals surface area contributed by atoms with E-state index in [4.69, 9.17) is 0 Å². The summed E-state index contributed by atoms with van der Waals surface area (Å²) in [6.45, 7) is 4.66. The fourth-order valence-corrected chi connectivity index (χ4v) is 2.97. The molecule has 2 N–H and O–H groups in total. The highest BCUT2D eigenvalue weighted by Gasteiger charge is 2.21. The molecule has 2 aliphatic rings. The lowest BCUT2D eigenvalue weighted by Crippen LogP contribution is -2.16. The highest BCUT2D eigenvalue weighted by atomic mass is 15.1. The maximum atomic E-state index is 3.67. The van der Waals surface area contributed by atoms with E-state index in [-0.39, 0.29) is 0 Å². The summed E-state index contributed by atoms with van der Waals surface area (Å²) < 4.78 is 0. The lowest BCUT2D eigenvalue weighted by atomic mass is 10.0. The van der Waals surface area contributed by atoms with E-state index >= 15 is 0 Å². The van der Waals surface area contributed by atoms with Crippen LogP contribution in [0, 0.1) is 0 Å². The van der Waals surface area contributed by atoms with Crippen molar-refractivity contribution in [3.05, 3.63) is 23.0 Å². The molecular weight excluding hydrogens is 198 g/mol. The molecule has 2 aliphatic heterocycles. The summed E-state index contributed by atoms with van der Waals surface area (Å²) in [4.78, 5) is 6.10. The molecule has 0 saturated carbocycles. The minimum absolute atomic E-state index is 0.720. The molecule has 1 unspecified atom stereocenters. The molecule has 0 aromatic carbocycles. The van der Waals surface area contributed by atoms with Crippen molar-refractivity contribution < 1.29 is 0 Å². The summed E-state index contributed by atoms with van der Waals surface area (Å²) in [5.74, 6) is 0.720. The van der Waals surface area contributed by atoms with Gasteiger partial charge in [-0.15, -0.1) is 0 Å². The molecule has 1 aromatic heterocycles. The predicted octanol–water partition coefficient (Wildman–Crippen LogP) is 1.47. The first-order chi connectivity index (χ1) is 7.83. The summed E-state index contributed by atoms with van der Waals surface area (Å²) in [6, 6.07) is 2.41. The summed E-state index contributed by atoms with van der Waals surface area (Å²) in [5.41, 5.74) is 4.48. The van der Waals surface area contributed by atoms with Gasteiger partial charge in [-0.2, -0.15) is 0 Å². The quantitative estimate of drug-likeness (QED) is 0.749. The van der Waals surface area contributed by atoms with Gasteiger partial charge in [0.05, 0.1) is 0 Å². The number of nitrogens with zero attached hydrogens (tertiary/aromatic N) is 1. The number of aromatic nitrogens is 1. The van der Waals surface area contributed by atoms with Gasteiger partial charge in [0, 0.05) is 30.4 Å². The second kappa shape index (κ2) is 4.22. The minimum atomic E-state index is 0.720. The van der Waals surface area contributed by atoms with Gasteiger partial charge in [-0.1, -0.05) is 0 Å². The van der Waals surface area contributed by atoms with Crippen molar-refractivity contribution in [2.24, 2.45) is 0 Å². The number of hydrogen-bond donors (Lipinski definition) is 2.